The highest BCUT2D eigenvalue weighted by Gasteiger charge is 1.97. The number of hydrogen-bond donors (Lipinski definition) is 1. The summed E-state index contributed by atoms with van der Waals surface area (Å²) in [4.78, 5) is 3.99. The van der Waals surface area contributed by atoms with E-state index in [0.29, 0.717) is 0 Å². The molecule has 0 bridgehead atoms. The summed E-state index contributed by atoms with van der Waals surface area (Å²) in [5, 5.41) is 0. The lowest BCUT2D eigenvalue weighted by molar-refractivity contribution is 1.31. The van der Waals surface area contributed by atoms with Crippen LogP contribution in [0.15, 0.2) is 24.5 Å². The van der Waals surface area contributed by atoms with Gasteiger partial charge in [0.05, 0.1) is 0 Å². The van der Waals surface area contributed by atoms with Gasteiger partial charge >= 0.3 is 0 Å². The molecule has 58 valence electrons. The van der Waals surface area contributed by atoms with Crippen LogP contribution in [0.5, 0.6) is 0 Å². The van der Waals surface area contributed by atoms with Crippen molar-refractivity contribution in [2.75, 3.05) is 5.73 Å². The van der Waals surface area contributed by atoms with Crippen LogP contribution in [0, 0.1) is 0 Å². The molecular weight excluding hydrogens is 136 g/mol. The number of pyridine rings is 1. The second-order valence-corrected chi connectivity index (χ2v) is 2.43. The Balaban J connectivity index is 3.14. The maximum Gasteiger partial charge on any atom is 0.0421 e. The Hall–Kier alpha value is -1.31. The molecule has 2 nitrogen and oxygen atoms in total. The average molecular weight is 148 g/mol. The first-order valence-electron chi connectivity index (χ1n) is 3.58. The molecule has 0 aliphatic heterocycles. The SMILES string of the molecule is C/C=C(/C)c1cnccc1N. The van der Waals surface area contributed by atoms with Crippen molar-refractivity contribution in [1.82, 2.24) is 4.98 Å². The number of allylic oxidation sites excluding steroid dienone is 2. The van der Waals surface area contributed by atoms with E-state index in [1.165, 1.54) is 0 Å². The van der Waals surface area contributed by atoms with Crippen LogP contribution < -0.4 is 5.73 Å². The second kappa shape index (κ2) is 3.19. The first-order valence-corrected chi connectivity index (χ1v) is 3.58. The van der Waals surface area contributed by atoms with E-state index >= 15 is 0 Å². The van der Waals surface area contributed by atoms with Crippen LogP contribution in [0.4, 0.5) is 5.69 Å². The van der Waals surface area contributed by atoms with Crippen LogP contribution in [-0.2, 0) is 0 Å². The van der Waals surface area contributed by atoms with Gasteiger partial charge in [-0.2, -0.15) is 0 Å². The molecule has 11 heavy (non-hydrogen) atoms. The molecule has 0 saturated heterocycles. The van der Waals surface area contributed by atoms with Gasteiger partial charge in [-0.25, -0.2) is 0 Å². The molecule has 1 aromatic rings. The number of hydrogen-bond acceptors (Lipinski definition) is 2. The van der Waals surface area contributed by atoms with Gasteiger partial charge in [-0.05, 0) is 25.5 Å². The molecule has 0 atom stereocenters. The van der Waals surface area contributed by atoms with Crippen LogP contribution in [0.1, 0.15) is 19.4 Å². The molecule has 1 aromatic heterocycles. The van der Waals surface area contributed by atoms with Gasteiger partial charge in [-0.3, -0.25) is 4.98 Å². The smallest absolute Gasteiger partial charge is 0.0421 e. The lowest BCUT2D eigenvalue weighted by atomic mass is 10.1. The number of nitrogen functional groups attached to an aromatic ring is 1. The normalized spacial score (nSPS) is 11.6. The summed E-state index contributed by atoms with van der Waals surface area (Å²) in [6.07, 6.45) is 5.50. The van der Waals surface area contributed by atoms with Crippen LogP contribution in [-0.4, -0.2) is 4.98 Å². The highest BCUT2D eigenvalue weighted by Crippen LogP contribution is 2.18. The first kappa shape index (κ1) is 7.79. The Kier molecular flexibility index (Phi) is 2.26. The molecule has 0 unspecified atom stereocenters. The number of anilines is 1. The predicted octanol–water partition coefficient (Wildman–Crippen LogP) is 2.09. The number of aromatic nitrogens is 1. The van der Waals surface area contributed by atoms with Gasteiger partial charge in [0.25, 0.3) is 0 Å². The Morgan fingerprint density at radius 1 is 1.64 bits per heavy atom. The largest absolute Gasteiger partial charge is 0.398 e. The average Bonchev–Trinajstić information content (AvgIpc) is 2.04. The van der Waals surface area contributed by atoms with Crippen LogP contribution in [0.25, 0.3) is 5.57 Å². The minimum atomic E-state index is 0.788. The Morgan fingerprint density at radius 2 is 2.36 bits per heavy atom. The number of nitrogens with two attached hydrogens (primary N) is 1. The van der Waals surface area contributed by atoms with E-state index in [-0.39, 0.29) is 0 Å². The lowest BCUT2D eigenvalue weighted by Crippen LogP contribution is -1.92. The maximum absolute atomic E-state index is 5.72. The molecule has 0 radical (unpaired) electrons. The van der Waals surface area contributed by atoms with Crippen molar-refractivity contribution in [3.8, 4) is 0 Å². The molecule has 2 heteroatoms. The number of rotatable bonds is 1. The second-order valence-electron chi connectivity index (χ2n) is 2.43. The third-order valence-electron chi connectivity index (χ3n) is 1.71. The van der Waals surface area contributed by atoms with Crippen LogP contribution >= 0.6 is 0 Å². The summed E-state index contributed by atoms with van der Waals surface area (Å²) in [6.45, 7) is 4.01. The van der Waals surface area contributed by atoms with E-state index in [1.54, 1.807) is 12.4 Å². The maximum atomic E-state index is 5.72. The van der Waals surface area contributed by atoms with E-state index in [4.69, 9.17) is 5.73 Å². The van der Waals surface area contributed by atoms with E-state index in [1.807, 2.05) is 26.0 Å². The molecular formula is C9H12N2. The predicted molar refractivity (Wildman–Crippen MR) is 48.0 cm³/mol. The van der Waals surface area contributed by atoms with Gasteiger partial charge < -0.3 is 5.73 Å². The van der Waals surface area contributed by atoms with E-state index in [0.717, 1.165) is 16.8 Å². The zero-order valence-electron chi connectivity index (χ0n) is 6.83. The Bertz CT molecular complexity index is 277. The molecule has 1 heterocycles. The molecule has 0 saturated carbocycles. The molecule has 0 aliphatic rings. The molecule has 0 spiro atoms. The third kappa shape index (κ3) is 1.58. The van der Waals surface area contributed by atoms with Crippen LogP contribution in [0.2, 0.25) is 0 Å². The fourth-order valence-electron chi connectivity index (χ4n) is 0.890. The summed E-state index contributed by atoms with van der Waals surface area (Å²) >= 11 is 0. The van der Waals surface area contributed by atoms with Crippen molar-refractivity contribution in [1.29, 1.82) is 0 Å². The molecule has 1 rings (SSSR count). The van der Waals surface area contributed by atoms with Gasteiger partial charge in [0.15, 0.2) is 0 Å². The van der Waals surface area contributed by atoms with Gasteiger partial charge in [-0.1, -0.05) is 6.08 Å². The summed E-state index contributed by atoms with van der Waals surface area (Å²) in [5.74, 6) is 0. The minimum absolute atomic E-state index is 0.788. The molecule has 0 amide bonds. The topological polar surface area (TPSA) is 38.9 Å². The highest BCUT2D eigenvalue weighted by atomic mass is 14.7. The monoisotopic (exact) mass is 148 g/mol. The first-order chi connectivity index (χ1) is 5.25. The standard InChI is InChI=1S/C9H12N2/c1-3-7(2)8-6-11-5-4-9(8)10/h3-6H,1-2H3,(H2,10,11)/b7-3-. The quantitative estimate of drug-likeness (QED) is 0.662. The van der Waals surface area contributed by atoms with Crippen molar-refractivity contribution < 1.29 is 0 Å². The third-order valence-corrected chi connectivity index (χ3v) is 1.71. The minimum Gasteiger partial charge on any atom is -0.398 e. The van der Waals surface area contributed by atoms with Crippen molar-refractivity contribution in [2.24, 2.45) is 0 Å². The lowest BCUT2D eigenvalue weighted by Gasteiger charge is -2.02. The van der Waals surface area contributed by atoms with Crippen molar-refractivity contribution >= 4 is 11.3 Å². The van der Waals surface area contributed by atoms with Crippen molar-refractivity contribution in [3.05, 3.63) is 30.1 Å². The molecule has 2 N–H and O–H groups in total. The Labute approximate surface area is 66.8 Å². The molecule has 0 fully saturated rings. The van der Waals surface area contributed by atoms with Crippen molar-refractivity contribution in [2.45, 2.75) is 13.8 Å². The highest BCUT2D eigenvalue weighted by molar-refractivity contribution is 5.72. The zero-order valence-corrected chi connectivity index (χ0v) is 6.83. The molecule has 0 aliphatic carbocycles. The van der Waals surface area contributed by atoms with Crippen LogP contribution in [0.3, 0.4) is 0 Å². The van der Waals surface area contributed by atoms with Gasteiger partial charge in [-0.15, -0.1) is 0 Å². The molecule has 0 aromatic carbocycles. The van der Waals surface area contributed by atoms with E-state index < -0.39 is 0 Å². The van der Waals surface area contributed by atoms with Crippen molar-refractivity contribution in [3.63, 3.8) is 0 Å². The fraction of sp³-hybridized carbons (Fsp3) is 0.222. The van der Waals surface area contributed by atoms with Gasteiger partial charge in [0.1, 0.15) is 0 Å². The van der Waals surface area contributed by atoms with Gasteiger partial charge in [0, 0.05) is 23.6 Å². The fourth-order valence-corrected chi connectivity index (χ4v) is 0.890. The van der Waals surface area contributed by atoms with E-state index in [9.17, 15) is 0 Å². The zero-order chi connectivity index (χ0) is 8.27. The van der Waals surface area contributed by atoms with Gasteiger partial charge in [0.2, 0.25) is 0 Å². The summed E-state index contributed by atoms with van der Waals surface area (Å²) in [5.41, 5.74) is 8.69. The summed E-state index contributed by atoms with van der Waals surface area (Å²) in [7, 11) is 0. The number of nitrogens with zero attached hydrogens (tertiary/aromatic N) is 1. The summed E-state index contributed by atoms with van der Waals surface area (Å²) < 4.78 is 0. The van der Waals surface area contributed by atoms with E-state index in [2.05, 4.69) is 4.98 Å². The summed E-state index contributed by atoms with van der Waals surface area (Å²) in [6, 6.07) is 1.81. The Morgan fingerprint density at radius 3 is 2.91 bits per heavy atom.